The summed E-state index contributed by atoms with van der Waals surface area (Å²) in [5.74, 6) is -2.00. The maximum absolute atomic E-state index is 14.3. The smallest absolute Gasteiger partial charge is 0.335 e. The van der Waals surface area contributed by atoms with Crippen molar-refractivity contribution in [2.75, 3.05) is 4.90 Å². The van der Waals surface area contributed by atoms with Gasteiger partial charge in [-0.25, -0.2) is 14.2 Å². The monoisotopic (exact) mass is 452 g/mol. The number of hydrogen-bond donors (Lipinski definition) is 1. The van der Waals surface area contributed by atoms with Crippen LogP contribution in [0.25, 0.3) is 6.08 Å². The van der Waals surface area contributed by atoms with Crippen molar-refractivity contribution in [3.8, 4) is 0 Å². The maximum atomic E-state index is 14.3. The van der Waals surface area contributed by atoms with E-state index in [1.807, 2.05) is 6.07 Å². The molecule has 3 aromatic rings. The Morgan fingerprint density at radius 3 is 2.52 bits per heavy atom. The molecule has 1 aliphatic heterocycles. The van der Waals surface area contributed by atoms with Gasteiger partial charge in [-0.2, -0.15) is 0 Å². The fourth-order valence-corrected chi connectivity index (χ4v) is 4.15. The third-order valence-corrected chi connectivity index (χ3v) is 5.71. The molecule has 1 heterocycles. The molecule has 0 aromatic heterocycles. The topological polar surface area (TPSA) is 70.0 Å². The Bertz CT molecular complexity index is 1220. The number of anilines is 1. The van der Waals surface area contributed by atoms with E-state index in [2.05, 4.69) is 4.99 Å². The second kappa shape index (κ2) is 8.75. The van der Waals surface area contributed by atoms with Crippen LogP contribution in [0.15, 0.2) is 82.7 Å². The fourth-order valence-electron chi connectivity index (χ4n) is 2.95. The fraction of sp³-hybridized carbons (Fsp3) is 0. The number of hydrogen-bond acceptors (Lipinski definition) is 4. The lowest BCUT2D eigenvalue weighted by atomic mass is 10.2. The molecule has 1 fully saturated rings. The van der Waals surface area contributed by atoms with E-state index in [1.165, 1.54) is 35.2 Å². The van der Waals surface area contributed by atoms with Gasteiger partial charge in [-0.3, -0.25) is 9.69 Å². The van der Waals surface area contributed by atoms with Crippen LogP contribution in [0.5, 0.6) is 0 Å². The Morgan fingerprint density at radius 1 is 1.06 bits per heavy atom. The van der Waals surface area contributed by atoms with Gasteiger partial charge in [0.2, 0.25) is 0 Å². The first-order chi connectivity index (χ1) is 14.9. The van der Waals surface area contributed by atoms with Gasteiger partial charge in [-0.05, 0) is 60.3 Å². The lowest BCUT2D eigenvalue weighted by Gasteiger charge is -2.15. The van der Waals surface area contributed by atoms with Crippen LogP contribution in [0, 0.1) is 5.82 Å². The van der Waals surface area contributed by atoms with Crippen LogP contribution < -0.4 is 4.90 Å². The van der Waals surface area contributed by atoms with E-state index in [1.54, 1.807) is 42.5 Å². The summed E-state index contributed by atoms with van der Waals surface area (Å²) < 4.78 is 14.3. The molecule has 5 nitrogen and oxygen atoms in total. The molecule has 3 aromatic carbocycles. The van der Waals surface area contributed by atoms with E-state index in [-0.39, 0.29) is 27.0 Å². The molecule has 0 radical (unpaired) electrons. The number of thioether (sulfide) groups is 1. The first-order valence-corrected chi connectivity index (χ1v) is 10.3. The molecule has 31 heavy (non-hydrogen) atoms. The molecule has 0 spiro atoms. The number of nitrogens with zero attached hydrogens (tertiary/aromatic N) is 2. The molecule has 8 heteroatoms. The van der Waals surface area contributed by atoms with E-state index in [0.717, 1.165) is 11.8 Å². The number of carboxylic acids is 1. The lowest BCUT2D eigenvalue weighted by Crippen LogP contribution is -2.28. The van der Waals surface area contributed by atoms with Gasteiger partial charge < -0.3 is 5.11 Å². The summed E-state index contributed by atoms with van der Waals surface area (Å²) in [7, 11) is 0. The first kappa shape index (κ1) is 20.8. The molecule has 1 aliphatic rings. The minimum atomic E-state index is -1.08. The summed E-state index contributed by atoms with van der Waals surface area (Å²) in [6.45, 7) is 0. The molecule has 1 amide bonds. The van der Waals surface area contributed by atoms with E-state index in [9.17, 15) is 19.1 Å². The number of carbonyl (C=O) groups excluding carboxylic acids is 1. The van der Waals surface area contributed by atoms with E-state index in [0.29, 0.717) is 16.5 Å². The summed E-state index contributed by atoms with van der Waals surface area (Å²) in [5, 5.41) is 9.73. The number of carbonyl (C=O) groups is 2. The van der Waals surface area contributed by atoms with E-state index >= 15 is 0 Å². The van der Waals surface area contributed by atoms with Crippen molar-refractivity contribution in [1.29, 1.82) is 0 Å². The summed E-state index contributed by atoms with van der Waals surface area (Å²) in [5.41, 5.74) is 1.15. The second-order valence-corrected chi connectivity index (χ2v) is 7.89. The number of amidine groups is 1. The standard InChI is InChI=1S/C23H14ClFN2O3S/c24-18-10-5-11-19(25)17(18)13-20-21(28)27(16-8-2-1-3-9-16)23(31-20)26-15-7-4-6-14(12-15)22(29)30/h1-13H,(H,29,30)/b20-13-,26-23?. The van der Waals surface area contributed by atoms with Crippen molar-refractivity contribution in [3.05, 3.63) is 99.7 Å². The number of amides is 1. The zero-order valence-electron chi connectivity index (χ0n) is 15.8. The van der Waals surface area contributed by atoms with Gasteiger partial charge >= 0.3 is 5.97 Å². The van der Waals surface area contributed by atoms with Gasteiger partial charge in [0.1, 0.15) is 5.82 Å². The van der Waals surface area contributed by atoms with Crippen molar-refractivity contribution >= 4 is 57.9 Å². The zero-order chi connectivity index (χ0) is 22.0. The van der Waals surface area contributed by atoms with Crippen LogP contribution in [0.1, 0.15) is 15.9 Å². The summed E-state index contributed by atoms with van der Waals surface area (Å²) in [6.07, 6.45) is 1.40. The van der Waals surface area contributed by atoms with Crippen LogP contribution in [0.2, 0.25) is 5.02 Å². The quantitative estimate of drug-likeness (QED) is 0.494. The highest BCUT2D eigenvalue weighted by Crippen LogP contribution is 2.38. The average molecular weight is 453 g/mol. The molecule has 1 N–H and O–H groups in total. The van der Waals surface area contributed by atoms with Crippen molar-refractivity contribution in [1.82, 2.24) is 0 Å². The number of benzene rings is 3. The van der Waals surface area contributed by atoms with E-state index < -0.39 is 11.8 Å². The molecule has 1 saturated heterocycles. The molecule has 0 unspecified atom stereocenters. The van der Waals surface area contributed by atoms with Crippen LogP contribution in [-0.4, -0.2) is 22.2 Å². The molecule has 0 aliphatic carbocycles. The second-order valence-electron chi connectivity index (χ2n) is 6.47. The highest BCUT2D eigenvalue weighted by molar-refractivity contribution is 8.19. The summed E-state index contributed by atoms with van der Waals surface area (Å²) >= 11 is 7.18. The highest BCUT2D eigenvalue weighted by atomic mass is 35.5. The van der Waals surface area contributed by atoms with Gasteiger partial charge in [-0.1, -0.05) is 41.9 Å². The first-order valence-electron chi connectivity index (χ1n) is 9.09. The Hall–Kier alpha value is -3.42. The van der Waals surface area contributed by atoms with Crippen LogP contribution >= 0.6 is 23.4 Å². The number of para-hydroxylation sites is 1. The summed E-state index contributed by atoms with van der Waals surface area (Å²) in [4.78, 5) is 30.6. The van der Waals surface area contributed by atoms with E-state index in [4.69, 9.17) is 11.6 Å². The Balaban J connectivity index is 1.81. The highest BCUT2D eigenvalue weighted by Gasteiger charge is 2.35. The number of carboxylic acid groups (broad SMARTS) is 1. The van der Waals surface area contributed by atoms with Crippen molar-refractivity contribution in [2.45, 2.75) is 0 Å². The molecule has 0 saturated carbocycles. The zero-order valence-corrected chi connectivity index (χ0v) is 17.4. The largest absolute Gasteiger partial charge is 0.478 e. The van der Waals surface area contributed by atoms with Gasteiger partial charge in [0.05, 0.1) is 26.9 Å². The molecule has 154 valence electrons. The summed E-state index contributed by atoms with van der Waals surface area (Å²) in [6, 6.07) is 19.3. The molecular weight excluding hydrogens is 439 g/mol. The van der Waals surface area contributed by atoms with Crippen LogP contribution in [0.3, 0.4) is 0 Å². The number of halogens is 2. The minimum Gasteiger partial charge on any atom is -0.478 e. The molecule has 0 bridgehead atoms. The Labute approximate surface area is 186 Å². The third kappa shape index (κ3) is 4.38. The van der Waals surface area contributed by atoms with Gasteiger partial charge in [0, 0.05) is 5.56 Å². The number of rotatable bonds is 4. The Kier molecular flexibility index (Phi) is 5.88. The van der Waals surface area contributed by atoms with Gasteiger partial charge in [0.25, 0.3) is 5.91 Å². The van der Waals surface area contributed by atoms with Crippen molar-refractivity contribution in [3.63, 3.8) is 0 Å². The van der Waals surface area contributed by atoms with Gasteiger partial charge in [0.15, 0.2) is 5.17 Å². The SMILES string of the molecule is O=C(O)c1cccc(N=C2S/C(=C\c3c(F)cccc3Cl)C(=O)N2c2ccccc2)c1. The van der Waals surface area contributed by atoms with Crippen LogP contribution in [-0.2, 0) is 4.79 Å². The average Bonchev–Trinajstić information content (AvgIpc) is 3.06. The van der Waals surface area contributed by atoms with Crippen molar-refractivity contribution < 1.29 is 19.1 Å². The Morgan fingerprint density at radius 2 is 1.81 bits per heavy atom. The molecule has 4 rings (SSSR count). The normalized spacial score (nSPS) is 16.3. The predicted octanol–water partition coefficient (Wildman–Crippen LogP) is 5.99. The predicted molar refractivity (Wildman–Crippen MR) is 121 cm³/mol. The molecular formula is C23H14ClFN2O3S. The maximum Gasteiger partial charge on any atom is 0.335 e. The van der Waals surface area contributed by atoms with Crippen LogP contribution in [0.4, 0.5) is 15.8 Å². The lowest BCUT2D eigenvalue weighted by molar-refractivity contribution is -0.113. The third-order valence-electron chi connectivity index (χ3n) is 4.41. The van der Waals surface area contributed by atoms with Gasteiger partial charge in [-0.15, -0.1) is 0 Å². The number of aliphatic imine (C=N–C) groups is 1. The minimum absolute atomic E-state index is 0.0799. The van der Waals surface area contributed by atoms with Crippen molar-refractivity contribution in [2.24, 2.45) is 4.99 Å². The number of aromatic carboxylic acids is 1. The molecule has 0 atom stereocenters.